The first-order valence-electron chi connectivity index (χ1n) is 18.6. The number of halogens is 6. The SMILES string of the molecule is O=S(=O)(N[C@@H]1CCCC[C@H]1NS(=O)(=O)c1ccc(C(F)(F)F)cc1)c1ccc(-c2ccc(S(=O)(=O)N[C@@H]3CCCC[C@H]3NS(=O)(=O)c3ccc(C(F)(F)F)cc3)cc2)cc1. The lowest BCUT2D eigenvalue weighted by Gasteiger charge is -2.32. The summed E-state index contributed by atoms with van der Waals surface area (Å²) in [5.41, 5.74) is -0.989. The van der Waals surface area contributed by atoms with Crippen LogP contribution in [0.3, 0.4) is 0 Å². The van der Waals surface area contributed by atoms with Gasteiger partial charge in [0.1, 0.15) is 0 Å². The number of benzene rings is 4. The summed E-state index contributed by atoms with van der Waals surface area (Å²) < 4.78 is 194. The Kier molecular flexibility index (Phi) is 13.3. The van der Waals surface area contributed by atoms with Gasteiger partial charge in [-0.3, -0.25) is 0 Å². The summed E-state index contributed by atoms with van der Waals surface area (Å²) >= 11 is 0. The third kappa shape index (κ3) is 10.9. The molecule has 4 aromatic carbocycles. The van der Waals surface area contributed by atoms with Crippen molar-refractivity contribution in [2.75, 3.05) is 0 Å². The number of nitrogens with one attached hydrogen (secondary N) is 4. The van der Waals surface area contributed by atoms with Crippen LogP contribution >= 0.6 is 0 Å². The zero-order valence-electron chi connectivity index (χ0n) is 31.4. The first-order chi connectivity index (χ1) is 27.9. The van der Waals surface area contributed by atoms with Gasteiger partial charge in [-0.1, -0.05) is 49.9 Å². The van der Waals surface area contributed by atoms with Crippen LogP contribution < -0.4 is 18.9 Å². The van der Waals surface area contributed by atoms with Crippen LogP contribution in [0.4, 0.5) is 26.3 Å². The predicted molar refractivity (Wildman–Crippen MR) is 208 cm³/mol. The lowest BCUT2D eigenvalue weighted by Crippen LogP contribution is -2.53. The van der Waals surface area contributed by atoms with Gasteiger partial charge in [-0.25, -0.2) is 52.6 Å². The minimum Gasteiger partial charge on any atom is -0.207 e. The molecule has 22 heteroatoms. The van der Waals surface area contributed by atoms with Crippen LogP contribution in [0.15, 0.2) is 117 Å². The molecule has 0 radical (unpaired) electrons. The first kappa shape index (κ1) is 45.6. The van der Waals surface area contributed by atoms with E-state index >= 15 is 0 Å². The van der Waals surface area contributed by atoms with Gasteiger partial charge in [-0.15, -0.1) is 0 Å². The number of hydrogen-bond acceptors (Lipinski definition) is 8. The molecule has 0 spiro atoms. The highest BCUT2D eigenvalue weighted by Crippen LogP contribution is 2.32. The highest BCUT2D eigenvalue weighted by molar-refractivity contribution is 7.90. The zero-order chi connectivity index (χ0) is 43.7. The summed E-state index contributed by atoms with van der Waals surface area (Å²) in [6.45, 7) is 0. The van der Waals surface area contributed by atoms with Gasteiger partial charge < -0.3 is 0 Å². The fraction of sp³-hybridized carbons (Fsp3) is 0.368. The van der Waals surface area contributed by atoms with Crippen LogP contribution in [0.2, 0.25) is 0 Å². The van der Waals surface area contributed by atoms with E-state index in [4.69, 9.17) is 0 Å². The van der Waals surface area contributed by atoms with Gasteiger partial charge in [-0.2, -0.15) is 26.3 Å². The van der Waals surface area contributed by atoms with Gasteiger partial charge in [0.15, 0.2) is 0 Å². The van der Waals surface area contributed by atoms with Gasteiger partial charge in [0.25, 0.3) is 0 Å². The summed E-state index contributed by atoms with van der Waals surface area (Å²) in [5, 5.41) is 0. The molecule has 4 N–H and O–H groups in total. The molecule has 0 bridgehead atoms. The van der Waals surface area contributed by atoms with E-state index in [1.54, 1.807) is 0 Å². The molecule has 0 unspecified atom stereocenters. The fourth-order valence-corrected chi connectivity index (χ4v) is 12.4. The van der Waals surface area contributed by atoms with E-state index in [1.165, 1.54) is 48.5 Å². The molecule has 0 aromatic heterocycles. The lowest BCUT2D eigenvalue weighted by atomic mass is 9.92. The highest BCUT2D eigenvalue weighted by atomic mass is 32.2. The van der Waals surface area contributed by atoms with Crippen molar-refractivity contribution in [3.63, 3.8) is 0 Å². The van der Waals surface area contributed by atoms with E-state index in [-0.39, 0.29) is 22.6 Å². The van der Waals surface area contributed by atoms with Gasteiger partial charge in [-0.05, 0) is 110 Å². The van der Waals surface area contributed by atoms with Crippen LogP contribution in [0.5, 0.6) is 0 Å². The Morgan fingerprint density at radius 3 is 0.750 bits per heavy atom. The van der Waals surface area contributed by atoms with Gasteiger partial charge in [0.05, 0.1) is 30.7 Å². The summed E-state index contributed by atoms with van der Waals surface area (Å²) in [4.78, 5) is -1.08. The molecule has 4 aromatic rings. The van der Waals surface area contributed by atoms with Gasteiger partial charge in [0.2, 0.25) is 40.1 Å². The van der Waals surface area contributed by atoms with Gasteiger partial charge in [0, 0.05) is 24.2 Å². The van der Waals surface area contributed by atoms with Crippen molar-refractivity contribution < 1.29 is 60.0 Å². The third-order valence-corrected chi connectivity index (χ3v) is 16.4. The molecule has 0 saturated heterocycles. The van der Waals surface area contributed by atoms with Crippen LogP contribution in [-0.4, -0.2) is 57.8 Å². The standard InChI is InChI=1S/C38H40F6N4O8S4/c39-37(40,41)27-13-21-31(22-14-27)59(53,54)47-35-7-3-1-5-33(35)45-57(49,50)29-17-9-25(10-18-29)26-11-19-30(20-12-26)58(51,52)46-34-6-2-4-8-36(34)48-60(55,56)32-23-15-28(16-24-32)38(42,43)44/h9-24,33-36,45-48H,1-8H2/t33-,34-,35-,36-/m1/s1. The number of alkyl halides is 6. The Hall–Kier alpha value is -3.90. The maximum Gasteiger partial charge on any atom is 0.416 e. The molecule has 60 heavy (non-hydrogen) atoms. The molecule has 12 nitrogen and oxygen atoms in total. The summed E-state index contributed by atoms with van der Waals surface area (Å²) in [5.74, 6) is 0. The second-order valence-electron chi connectivity index (χ2n) is 14.6. The second kappa shape index (κ2) is 17.5. The molecule has 2 fully saturated rings. The number of rotatable bonds is 13. The third-order valence-electron chi connectivity index (χ3n) is 10.4. The van der Waals surface area contributed by atoms with Crippen LogP contribution in [-0.2, 0) is 52.4 Å². The lowest BCUT2D eigenvalue weighted by molar-refractivity contribution is -0.138. The molecule has 4 atom stereocenters. The molecule has 326 valence electrons. The number of hydrogen-bond donors (Lipinski definition) is 4. The molecule has 6 rings (SSSR count). The van der Waals surface area contributed by atoms with Crippen molar-refractivity contribution in [2.45, 2.75) is 107 Å². The van der Waals surface area contributed by atoms with Gasteiger partial charge >= 0.3 is 12.4 Å². The van der Waals surface area contributed by atoms with Crippen molar-refractivity contribution in [3.05, 3.63) is 108 Å². The molecule has 0 aliphatic heterocycles. The normalized spacial score (nSPS) is 21.1. The van der Waals surface area contributed by atoms with Crippen molar-refractivity contribution >= 4 is 40.1 Å². The predicted octanol–water partition coefficient (Wildman–Crippen LogP) is 6.53. The molecular formula is C38H40F6N4O8S4. The number of sulfonamides is 4. The summed E-state index contributed by atoms with van der Waals surface area (Å²) in [7, 11) is -17.0. The van der Waals surface area contributed by atoms with Crippen molar-refractivity contribution in [1.29, 1.82) is 0 Å². The van der Waals surface area contributed by atoms with E-state index in [0.717, 1.165) is 24.3 Å². The average molecular weight is 923 g/mol. The largest absolute Gasteiger partial charge is 0.416 e. The maximum atomic E-state index is 13.5. The minimum absolute atomic E-state index is 0.138. The molecule has 0 amide bonds. The Balaban J connectivity index is 1.09. The Morgan fingerprint density at radius 1 is 0.350 bits per heavy atom. The second-order valence-corrected chi connectivity index (χ2v) is 21.4. The van der Waals surface area contributed by atoms with E-state index < -0.39 is 97.5 Å². The Morgan fingerprint density at radius 2 is 0.550 bits per heavy atom. The topological polar surface area (TPSA) is 185 Å². The van der Waals surface area contributed by atoms with Crippen molar-refractivity contribution in [1.82, 2.24) is 18.9 Å². The van der Waals surface area contributed by atoms with Crippen molar-refractivity contribution in [2.24, 2.45) is 0 Å². The van der Waals surface area contributed by atoms with E-state index in [0.29, 0.717) is 73.9 Å². The van der Waals surface area contributed by atoms with E-state index in [9.17, 15) is 60.0 Å². The fourth-order valence-electron chi connectivity index (χ4n) is 7.19. The quantitative estimate of drug-likeness (QED) is 0.109. The maximum absolute atomic E-state index is 13.5. The first-order valence-corrected chi connectivity index (χ1v) is 24.5. The van der Waals surface area contributed by atoms with E-state index in [2.05, 4.69) is 18.9 Å². The average Bonchev–Trinajstić information content (AvgIpc) is 3.18. The Labute approximate surface area is 344 Å². The monoisotopic (exact) mass is 922 g/mol. The van der Waals surface area contributed by atoms with Crippen LogP contribution in [0.25, 0.3) is 11.1 Å². The molecule has 2 aliphatic carbocycles. The minimum atomic E-state index is -4.66. The van der Waals surface area contributed by atoms with Crippen LogP contribution in [0.1, 0.15) is 62.5 Å². The summed E-state index contributed by atoms with van der Waals surface area (Å²) in [6, 6.07) is 13.7. The van der Waals surface area contributed by atoms with Crippen LogP contribution in [0, 0.1) is 0 Å². The molecule has 2 saturated carbocycles. The highest BCUT2D eigenvalue weighted by Gasteiger charge is 2.36. The molecular weight excluding hydrogens is 883 g/mol. The Bertz CT molecular complexity index is 2410. The smallest absolute Gasteiger partial charge is 0.207 e. The summed E-state index contributed by atoms with van der Waals surface area (Å²) in [6.07, 6.45) is -5.81. The molecule has 0 heterocycles. The zero-order valence-corrected chi connectivity index (χ0v) is 34.6. The van der Waals surface area contributed by atoms with Crippen molar-refractivity contribution in [3.8, 4) is 11.1 Å². The van der Waals surface area contributed by atoms with E-state index in [1.807, 2.05) is 0 Å². The molecule has 2 aliphatic rings.